The smallest absolute Gasteiger partial charge is 0.345 e. The fraction of sp³-hybridized carbons (Fsp3) is 0.579. The molecular formula is C19H26F3N3O4S. The molecule has 1 aliphatic rings. The van der Waals surface area contributed by atoms with Crippen molar-refractivity contribution in [1.29, 1.82) is 0 Å². The number of hydrogen-bond acceptors (Lipinski definition) is 4. The lowest BCUT2D eigenvalue weighted by molar-refractivity contribution is -0.140. The highest BCUT2D eigenvalue weighted by Crippen LogP contribution is 2.25. The van der Waals surface area contributed by atoms with Gasteiger partial charge in [0.1, 0.15) is 12.6 Å². The summed E-state index contributed by atoms with van der Waals surface area (Å²) in [5, 5.41) is 1.82. The van der Waals surface area contributed by atoms with Crippen molar-refractivity contribution in [3.8, 4) is 0 Å². The van der Waals surface area contributed by atoms with Crippen LogP contribution in [0.3, 0.4) is 0 Å². The van der Waals surface area contributed by atoms with E-state index in [4.69, 9.17) is 0 Å². The molecule has 1 aliphatic heterocycles. The first-order chi connectivity index (χ1) is 13.9. The van der Waals surface area contributed by atoms with Crippen LogP contribution in [0.15, 0.2) is 23.1 Å². The quantitative estimate of drug-likeness (QED) is 0.692. The lowest BCUT2D eigenvalue weighted by Crippen LogP contribution is -2.48. The van der Waals surface area contributed by atoms with Crippen molar-refractivity contribution in [2.75, 3.05) is 26.2 Å². The molecule has 0 bridgehead atoms. The van der Waals surface area contributed by atoms with Gasteiger partial charge in [-0.2, -0.15) is 17.5 Å². The van der Waals surface area contributed by atoms with Crippen LogP contribution in [-0.2, 0) is 14.8 Å². The number of carbonyl (C=O) groups excluding carboxylic acids is 2. The molecule has 1 heterocycles. The molecule has 2 amide bonds. The number of aryl methyl sites for hydroxylation is 1. The fourth-order valence-electron chi connectivity index (χ4n) is 3.45. The minimum absolute atomic E-state index is 0.0441. The number of nitrogens with one attached hydrogen (secondary N) is 1. The van der Waals surface area contributed by atoms with E-state index in [1.807, 2.05) is 5.32 Å². The average Bonchev–Trinajstić information content (AvgIpc) is 3.16. The van der Waals surface area contributed by atoms with E-state index >= 15 is 0 Å². The predicted octanol–water partition coefficient (Wildman–Crippen LogP) is 2.31. The number of alkyl halides is 3. The molecule has 11 heteroatoms. The monoisotopic (exact) mass is 449 g/mol. The number of likely N-dealkylation sites (tertiary alicyclic amines) is 1. The van der Waals surface area contributed by atoms with Crippen LogP contribution in [0.1, 0.15) is 42.6 Å². The van der Waals surface area contributed by atoms with Crippen molar-refractivity contribution >= 4 is 21.8 Å². The van der Waals surface area contributed by atoms with E-state index in [1.54, 1.807) is 20.8 Å². The number of rotatable bonds is 7. The first-order valence-corrected chi connectivity index (χ1v) is 11.1. The van der Waals surface area contributed by atoms with Gasteiger partial charge in [-0.15, -0.1) is 0 Å². The highest BCUT2D eigenvalue weighted by atomic mass is 32.2. The van der Waals surface area contributed by atoms with E-state index < -0.39 is 40.6 Å². The molecule has 0 saturated carbocycles. The molecular weight excluding hydrogens is 423 g/mol. The summed E-state index contributed by atoms with van der Waals surface area (Å²) in [6.07, 6.45) is -3.84. The number of benzene rings is 1. The van der Waals surface area contributed by atoms with Gasteiger partial charge in [-0.3, -0.25) is 9.59 Å². The van der Waals surface area contributed by atoms with Crippen LogP contribution in [0.5, 0.6) is 0 Å². The van der Waals surface area contributed by atoms with E-state index in [2.05, 4.69) is 0 Å². The Morgan fingerprint density at radius 2 is 1.87 bits per heavy atom. The molecule has 1 saturated heterocycles. The summed E-state index contributed by atoms with van der Waals surface area (Å²) in [5.74, 6) is -1.45. The number of halogens is 3. The van der Waals surface area contributed by atoms with Gasteiger partial charge in [0.2, 0.25) is 15.9 Å². The van der Waals surface area contributed by atoms with E-state index in [1.165, 1.54) is 27.4 Å². The second-order valence-corrected chi connectivity index (χ2v) is 8.99. The highest BCUT2D eigenvalue weighted by Gasteiger charge is 2.37. The van der Waals surface area contributed by atoms with Gasteiger partial charge in [-0.25, -0.2) is 8.42 Å². The number of sulfonamides is 1. The standard InChI is InChI=1S/C19H26F3N3O4S/c1-4-24(5-2)30(28,29)14-9-8-13(3)15(11-14)18(27)25-10-6-7-16(25)17(26)23-12-19(20,21)22/h8-9,11,16H,4-7,10,12H2,1-3H3,(H,23,26). The highest BCUT2D eigenvalue weighted by molar-refractivity contribution is 7.89. The maximum Gasteiger partial charge on any atom is 0.405 e. The van der Waals surface area contributed by atoms with Crippen LogP contribution >= 0.6 is 0 Å². The Morgan fingerprint density at radius 3 is 2.43 bits per heavy atom. The molecule has 0 radical (unpaired) electrons. The van der Waals surface area contributed by atoms with Gasteiger partial charge in [0.25, 0.3) is 5.91 Å². The lowest BCUT2D eigenvalue weighted by Gasteiger charge is -2.25. The zero-order valence-electron chi connectivity index (χ0n) is 17.1. The molecule has 0 aliphatic carbocycles. The molecule has 0 spiro atoms. The van der Waals surface area contributed by atoms with Crippen molar-refractivity contribution in [2.24, 2.45) is 0 Å². The summed E-state index contributed by atoms with van der Waals surface area (Å²) in [6, 6.07) is 3.17. The van der Waals surface area contributed by atoms with Crippen molar-refractivity contribution in [3.63, 3.8) is 0 Å². The SMILES string of the molecule is CCN(CC)S(=O)(=O)c1ccc(C)c(C(=O)N2CCCC2C(=O)NCC(F)(F)F)c1. The van der Waals surface area contributed by atoms with Crippen LogP contribution in [0.2, 0.25) is 0 Å². The molecule has 1 unspecified atom stereocenters. The Kier molecular flexibility index (Phi) is 7.51. The van der Waals surface area contributed by atoms with Crippen molar-refractivity contribution in [1.82, 2.24) is 14.5 Å². The molecule has 30 heavy (non-hydrogen) atoms. The average molecular weight is 449 g/mol. The van der Waals surface area contributed by atoms with Gasteiger partial charge in [-0.1, -0.05) is 19.9 Å². The fourth-order valence-corrected chi connectivity index (χ4v) is 4.93. The topological polar surface area (TPSA) is 86.8 Å². The molecule has 1 N–H and O–H groups in total. The molecule has 1 atom stereocenters. The summed E-state index contributed by atoms with van der Waals surface area (Å²) in [6.45, 7) is 4.31. The second-order valence-electron chi connectivity index (χ2n) is 7.06. The Balaban J connectivity index is 2.30. The Morgan fingerprint density at radius 1 is 1.23 bits per heavy atom. The van der Waals surface area contributed by atoms with Gasteiger partial charge < -0.3 is 10.2 Å². The molecule has 1 fully saturated rings. The summed E-state index contributed by atoms with van der Waals surface area (Å²) < 4.78 is 64.0. The Labute approximate surface area is 174 Å². The largest absolute Gasteiger partial charge is 0.405 e. The Hall–Kier alpha value is -2.14. The van der Waals surface area contributed by atoms with Crippen LogP contribution in [0.4, 0.5) is 13.2 Å². The minimum atomic E-state index is -4.55. The second kappa shape index (κ2) is 9.34. The summed E-state index contributed by atoms with van der Waals surface area (Å²) in [5.41, 5.74) is 0.624. The zero-order chi connectivity index (χ0) is 22.7. The first-order valence-electron chi connectivity index (χ1n) is 9.68. The number of amides is 2. The number of carbonyl (C=O) groups is 2. The van der Waals surface area contributed by atoms with Gasteiger partial charge in [0.15, 0.2) is 0 Å². The van der Waals surface area contributed by atoms with Gasteiger partial charge >= 0.3 is 6.18 Å². The molecule has 1 aromatic rings. The summed E-state index contributed by atoms with van der Waals surface area (Å²) >= 11 is 0. The van der Waals surface area contributed by atoms with Crippen LogP contribution < -0.4 is 5.32 Å². The number of hydrogen-bond donors (Lipinski definition) is 1. The zero-order valence-corrected chi connectivity index (χ0v) is 17.9. The minimum Gasteiger partial charge on any atom is -0.345 e. The van der Waals surface area contributed by atoms with Gasteiger partial charge in [0.05, 0.1) is 4.90 Å². The third kappa shape index (κ3) is 5.31. The number of nitrogens with zero attached hydrogens (tertiary/aromatic N) is 2. The maximum absolute atomic E-state index is 13.1. The Bertz CT molecular complexity index is 899. The summed E-state index contributed by atoms with van der Waals surface area (Å²) in [4.78, 5) is 26.5. The summed E-state index contributed by atoms with van der Waals surface area (Å²) in [7, 11) is -3.79. The van der Waals surface area contributed by atoms with E-state index in [9.17, 15) is 31.2 Å². The lowest BCUT2D eigenvalue weighted by atomic mass is 10.1. The van der Waals surface area contributed by atoms with E-state index in [0.29, 0.717) is 12.0 Å². The van der Waals surface area contributed by atoms with Gasteiger partial charge in [0, 0.05) is 25.2 Å². The first kappa shape index (κ1) is 24.1. The van der Waals surface area contributed by atoms with Crippen LogP contribution in [0.25, 0.3) is 0 Å². The van der Waals surface area contributed by atoms with Gasteiger partial charge in [-0.05, 0) is 37.5 Å². The molecule has 2 rings (SSSR count). The molecule has 1 aromatic carbocycles. The normalized spacial score (nSPS) is 17.4. The molecule has 7 nitrogen and oxygen atoms in total. The molecule has 168 valence electrons. The van der Waals surface area contributed by atoms with Crippen molar-refractivity contribution in [3.05, 3.63) is 29.3 Å². The van der Waals surface area contributed by atoms with Crippen LogP contribution in [0, 0.1) is 6.92 Å². The third-order valence-corrected chi connectivity index (χ3v) is 7.11. The van der Waals surface area contributed by atoms with E-state index in [0.717, 1.165) is 0 Å². The van der Waals surface area contributed by atoms with Crippen molar-refractivity contribution < 1.29 is 31.2 Å². The third-order valence-electron chi connectivity index (χ3n) is 5.06. The predicted molar refractivity (Wildman–Crippen MR) is 104 cm³/mol. The maximum atomic E-state index is 13.1. The van der Waals surface area contributed by atoms with E-state index in [-0.39, 0.29) is 36.5 Å². The van der Waals surface area contributed by atoms with Crippen molar-refractivity contribution in [2.45, 2.75) is 50.7 Å². The molecule has 0 aromatic heterocycles. The van der Waals surface area contributed by atoms with Crippen LogP contribution in [-0.4, -0.2) is 67.8 Å².